The highest BCUT2D eigenvalue weighted by Gasteiger charge is 2.20. The molecule has 184 valence electrons. The Morgan fingerprint density at radius 1 is 0.861 bits per heavy atom. The second-order valence-electron chi connectivity index (χ2n) is 8.98. The molecule has 0 bridgehead atoms. The highest BCUT2D eigenvalue weighted by Crippen LogP contribution is 2.21. The maximum absolute atomic E-state index is 12.7. The molecule has 36 heavy (non-hydrogen) atoms. The monoisotopic (exact) mass is 483 g/mol. The summed E-state index contributed by atoms with van der Waals surface area (Å²) < 4.78 is 7.15. The van der Waals surface area contributed by atoms with Crippen molar-refractivity contribution in [3.63, 3.8) is 0 Å². The van der Waals surface area contributed by atoms with Crippen LogP contribution in [0.25, 0.3) is 0 Å². The van der Waals surface area contributed by atoms with E-state index in [1.54, 1.807) is 18.2 Å². The van der Waals surface area contributed by atoms with E-state index in [-0.39, 0.29) is 23.8 Å². The molecule has 0 saturated carbocycles. The minimum atomic E-state index is -0.330. The standard InChI is InChI=1S/C28H29N5O3/c1-20-7-6-8-21(2)27(20)29-28(35)24-12-11-23(36-24)19-33-26(34)14-13-25(30-33)32-17-15-31(16-18-32)22-9-4-3-5-10-22/h3-14H,15-19H2,1-2H3,(H,29,35). The van der Waals surface area contributed by atoms with Crippen LogP contribution in [0, 0.1) is 13.8 Å². The molecular weight excluding hydrogens is 454 g/mol. The predicted molar refractivity (Wildman–Crippen MR) is 141 cm³/mol. The minimum Gasteiger partial charge on any atom is -0.454 e. The first kappa shape index (κ1) is 23.4. The quantitative estimate of drug-likeness (QED) is 0.445. The van der Waals surface area contributed by atoms with E-state index in [0.717, 1.165) is 48.8 Å². The number of nitrogens with one attached hydrogen (secondary N) is 1. The molecule has 1 fully saturated rings. The molecule has 0 radical (unpaired) electrons. The van der Waals surface area contributed by atoms with Crippen molar-refractivity contribution in [2.75, 3.05) is 41.3 Å². The lowest BCUT2D eigenvalue weighted by Gasteiger charge is -2.36. The number of para-hydroxylation sites is 2. The molecule has 3 heterocycles. The van der Waals surface area contributed by atoms with E-state index >= 15 is 0 Å². The topological polar surface area (TPSA) is 83.6 Å². The number of aryl methyl sites for hydroxylation is 2. The third-order valence-electron chi connectivity index (χ3n) is 6.49. The summed E-state index contributed by atoms with van der Waals surface area (Å²) in [6.45, 7) is 7.41. The highest BCUT2D eigenvalue weighted by molar-refractivity contribution is 6.03. The van der Waals surface area contributed by atoms with Crippen molar-refractivity contribution < 1.29 is 9.21 Å². The Balaban J connectivity index is 1.25. The fourth-order valence-corrected chi connectivity index (χ4v) is 4.47. The van der Waals surface area contributed by atoms with Gasteiger partial charge in [-0.25, -0.2) is 4.68 Å². The Bertz CT molecular complexity index is 1400. The number of amides is 1. The van der Waals surface area contributed by atoms with Crippen LogP contribution in [0.1, 0.15) is 27.4 Å². The Morgan fingerprint density at radius 3 is 2.28 bits per heavy atom. The fraction of sp³-hybridized carbons (Fsp3) is 0.250. The maximum atomic E-state index is 12.7. The summed E-state index contributed by atoms with van der Waals surface area (Å²) in [4.78, 5) is 29.8. The van der Waals surface area contributed by atoms with Crippen molar-refractivity contribution in [3.8, 4) is 0 Å². The number of carbonyl (C=O) groups is 1. The zero-order chi connectivity index (χ0) is 25.1. The summed E-state index contributed by atoms with van der Waals surface area (Å²) in [5.74, 6) is 1.10. The molecular formula is C28H29N5O3. The van der Waals surface area contributed by atoms with E-state index in [2.05, 4.69) is 32.3 Å². The van der Waals surface area contributed by atoms with Gasteiger partial charge in [-0.2, -0.15) is 5.10 Å². The van der Waals surface area contributed by atoms with Gasteiger partial charge in [-0.1, -0.05) is 36.4 Å². The molecule has 2 aromatic heterocycles. The van der Waals surface area contributed by atoms with Gasteiger partial charge in [-0.3, -0.25) is 9.59 Å². The Kier molecular flexibility index (Phi) is 6.58. The summed E-state index contributed by atoms with van der Waals surface area (Å²) >= 11 is 0. The van der Waals surface area contributed by atoms with Crippen molar-refractivity contribution in [3.05, 3.63) is 106 Å². The predicted octanol–water partition coefficient (Wildman–Crippen LogP) is 4.08. The Labute approximate surface area is 209 Å². The molecule has 1 aliphatic heterocycles. The first-order chi connectivity index (χ1) is 17.5. The van der Waals surface area contributed by atoms with Crippen molar-refractivity contribution >= 4 is 23.1 Å². The van der Waals surface area contributed by atoms with Crippen LogP contribution in [-0.2, 0) is 6.54 Å². The van der Waals surface area contributed by atoms with Crippen LogP contribution in [0.3, 0.4) is 0 Å². The van der Waals surface area contributed by atoms with Crippen molar-refractivity contribution in [2.45, 2.75) is 20.4 Å². The lowest BCUT2D eigenvalue weighted by atomic mass is 10.1. The first-order valence-corrected chi connectivity index (χ1v) is 12.1. The van der Waals surface area contributed by atoms with Crippen LogP contribution < -0.4 is 20.7 Å². The molecule has 1 N–H and O–H groups in total. The number of furan rings is 1. The van der Waals surface area contributed by atoms with E-state index in [1.807, 2.05) is 50.2 Å². The van der Waals surface area contributed by atoms with Gasteiger partial charge in [0.05, 0.1) is 0 Å². The molecule has 2 aromatic carbocycles. The molecule has 1 aliphatic rings. The summed E-state index contributed by atoms with van der Waals surface area (Å²) in [5, 5.41) is 7.51. The van der Waals surface area contributed by atoms with E-state index in [9.17, 15) is 9.59 Å². The number of rotatable bonds is 6. The van der Waals surface area contributed by atoms with Gasteiger partial charge in [0.1, 0.15) is 18.1 Å². The number of hydrogen-bond acceptors (Lipinski definition) is 6. The van der Waals surface area contributed by atoms with Gasteiger partial charge in [0.25, 0.3) is 11.5 Å². The first-order valence-electron chi connectivity index (χ1n) is 12.1. The average molecular weight is 484 g/mol. The minimum absolute atomic E-state index is 0.146. The summed E-state index contributed by atoms with van der Waals surface area (Å²) in [6.07, 6.45) is 0. The van der Waals surface area contributed by atoms with Gasteiger partial charge in [0, 0.05) is 43.6 Å². The zero-order valence-corrected chi connectivity index (χ0v) is 20.5. The SMILES string of the molecule is Cc1cccc(C)c1NC(=O)c1ccc(Cn2nc(N3CCN(c4ccccc4)CC3)ccc2=O)o1. The van der Waals surface area contributed by atoms with Crippen molar-refractivity contribution in [1.29, 1.82) is 0 Å². The van der Waals surface area contributed by atoms with Crippen LogP contribution in [-0.4, -0.2) is 41.9 Å². The molecule has 0 aliphatic carbocycles. The number of carbonyl (C=O) groups excluding carboxylic acids is 1. The molecule has 0 spiro atoms. The molecule has 1 amide bonds. The van der Waals surface area contributed by atoms with Gasteiger partial charge < -0.3 is 19.5 Å². The number of anilines is 3. The number of aromatic nitrogens is 2. The number of benzene rings is 2. The largest absolute Gasteiger partial charge is 0.454 e. The molecule has 0 unspecified atom stereocenters. The Hall–Kier alpha value is -4.33. The van der Waals surface area contributed by atoms with E-state index in [1.165, 1.54) is 16.4 Å². The van der Waals surface area contributed by atoms with Crippen molar-refractivity contribution in [1.82, 2.24) is 9.78 Å². The highest BCUT2D eigenvalue weighted by atomic mass is 16.4. The Morgan fingerprint density at radius 2 is 1.56 bits per heavy atom. The zero-order valence-electron chi connectivity index (χ0n) is 20.5. The van der Waals surface area contributed by atoms with Gasteiger partial charge in [0.2, 0.25) is 0 Å². The van der Waals surface area contributed by atoms with Crippen LogP contribution in [0.5, 0.6) is 0 Å². The van der Waals surface area contributed by atoms with Gasteiger partial charge in [0.15, 0.2) is 5.76 Å². The molecule has 1 saturated heterocycles. The number of nitrogens with zero attached hydrogens (tertiary/aromatic N) is 4. The lowest BCUT2D eigenvalue weighted by Crippen LogP contribution is -2.47. The van der Waals surface area contributed by atoms with Gasteiger partial charge >= 0.3 is 0 Å². The lowest BCUT2D eigenvalue weighted by molar-refractivity contribution is 0.0994. The normalized spacial score (nSPS) is 13.6. The molecule has 8 nitrogen and oxygen atoms in total. The molecule has 8 heteroatoms. The summed E-state index contributed by atoms with van der Waals surface area (Å²) in [5.41, 5.74) is 3.72. The fourth-order valence-electron chi connectivity index (χ4n) is 4.47. The van der Waals surface area contributed by atoms with Gasteiger partial charge in [-0.05, 0) is 55.3 Å². The summed E-state index contributed by atoms with van der Waals surface area (Å²) in [6, 6.07) is 22.8. The third kappa shape index (κ3) is 5.02. The van der Waals surface area contributed by atoms with Crippen LogP contribution in [0.2, 0.25) is 0 Å². The van der Waals surface area contributed by atoms with Gasteiger partial charge in [-0.15, -0.1) is 0 Å². The molecule has 4 aromatic rings. The molecule has 5 rings (SSSR count). The smallest absolute Gasteiger partial charge is 0.291 e. The van der Waals surface area contributed by atoms with Crippen molar-refractivity contribution in [2.24, 2.45) is 0 Å². The van der Waals surface area contributed by atoms with Crippen LogP contribution in [0.4, 0.5) is 17.2 Å². The van der Waals surface area contributed by atoms with E-state index in [4.69, 9.17) is 4.42 Å². The average Bonchev–Trinajstić information content (AvgIpc) is 3.37. The van der Waals surface area contributed by atoms with Crippen LogP contribution in [0.15, 0.2) is 82.0 Å². The second-order valence-corrected chi connectivity index (χ2v) is 8.98. The number of hydrogen-bond donors (Lipinski definition) is 1. The molecule has 0 atom stereocenters. The van der Waals surface area contributed by atoms with E-state index in [0.29, 0.717) is 5.76 Å². The second kappa shape index (κ2) is 10.1. The van der Waals surface area contributed by atoms with E-state index < -0.39 is 0 Å². The third-order valence-corrected chi connectivity index (χ3v) is 6.49. The number of piperazine rings is 1. The summed E-state index contributed by atoms with van der Waals surface area (Å²) in [7, 11) is 0. The van der Waals surface area contributed by atoms with Crippen LogP contribution >= 0.6 is 0 Å². The maximum Gasteiger partial charge on any atom is 0.291 e.